The van der Waals surface area contributed by atoms with Crippen molar-refractivity contribution in [3.8, 4) is 0 Å². The Labute approximate surface area is 117 Å². The number of benzene rings is 1. The van der Waals surface area contributed by atoms with E-state index in [-0.39, 0.29) is 5.91 Å². The van der Waals surface area contributed by atoms with Gasteiger partial charge in [-0.2, -0.15) is 0 Å². The highest BCUT2D eigenvalue weighted by Crippen LogP contribution is 2.28. The van der Waals surface area contributed by atoms with E-state index in [1.807, 2.05) is 28.5 Å². The van der Waals surface area contributed by atoms with Gasteiger partial charge in [0.1, 0.15) is 0 Å². The molecule has 0 bridgehead atoms. The SMILES string of the molecule is NCC1CCN(C(=O)c2csc3ccccc23)CC1. The predicted molar refractivity (Wildman–Crippen MR) is 79.5 cm³/mol. The van der Waals surface area contributed by atoms with Gasteiger partial charge in [-0.25, -0.2) is 0 Å². The van der Waals surface area contributed by atoms with E-state index in [1.165, 1.54) is 4.70 Å². The van der Waals surface area contributed by atoms with E-state index < -0.39 is 0 Å². The Hall–Kier alpha value is -1.39. The zero-order valence-electron chi connectivity index (χ0n) is 10.8. The molecule has 2 aromatic rings. The van der Waals surface area contributed by atoms with Crippen molar-refractivity contribution in [2.24, 2.45) is 11.7 Å². The second-order valence-electron chi connectivity index (χ2n) is 5.12. The average molecular weight is 274 g/mol. The second kappa shape index (κ2) is 5.31. The molecule has 1 aliphatic rings. The van der Waals surface area contributed by atoms with E-state index in [0.29, 0.717) is 5.92 Å². The van der Waals surface area contributed by atoms with Crippen LogP contribution < -0.4 is 5.73 Å². The van der Waals surface area contributed by atoms with Gasteiger partial charge in [0.15, 0.2) is 0 Å². The zero-order valence-corrected chi connectivity index (χ0v) is 11.7. The minimum absolute atomic E-state index is 0.174. The molecule has 0 spiro atoms. The molecule has 1 saturated heterocycles. The van der Waals surface area contributed by atoms with Crippen LogP contribution in [0.15, 0.2) is 29.6 Å². The fourth-order valence-corrected chi connectivity index (χ4v) is 3.62. The lowest BCUT2D eigenvalue weighted by atomic mass is 9.96. The molecule has 0 unspecified atom stereocenters. The van der Waals surface area contributed by atoms with Crippen molar-refractivity contribution >= 4 is 27.3 Å². The first-order chi connectivity index (χ1) is 9.29. The standard InChI is InChI=1S/C15H18N2OS/c16-9-11-5-7-17(8-6-11)15(18)13-10-19-14-4-2-1-3-12(13)14/h1-4,10-11H,5-9,16H2. The molecule has 19 heavy (non-hydrogen) atoms. The number of carbonyl (C=O) groups is 1. The molecule has 0 saturated carbocycles. The van der Waals surface area contributed by atoms with Crippen molar-refractivity contribution in [3.05, 3.63) is 35.2 Å². The van der Waals surface area contributed by atoms with Gasteiger partial charge in [-0.1, -0.05) is 18.2 Å². The van der Waals surface area contributed by atoms with Gasteiger partial charge in [0.2, 0.25) is 0 Å². The summed E-state index contributed by atoms with van der Waals surface area (Å²) in [6, 6.07) is 8.11. The van der Waals surface area contributed by atoms with Gasteiger partial charge in [0.05, 0.1) is 5.56 Å². The highest BCUT2D eigenvalue weighted by Gasteiger charge is 2.24. The molecule has 1 fully saturated rings. The fraction of sp³-hybridized carbons (Fsp3) is 0.400. The van der Waals surface area contributed by atoms with Crippen molar-refractivity contribution in [1.82, 2.24) is 4.90 Å². The summed E-state index contributed by atoms with van der Waals surface area (Å²) in [5.74, 6) is 0.760. The predicted octanol–water partition coefficient (Wildman–Crippen LogP) is 2.71. The van der Waals surface area contributed by atoms with Crippen LogP contribution >= 0.6 is 11.3 Å². The van der Waals surface area contributed by atoms with Crippen LogP contribution in [0.25, 0.3) is 10.1 Å². The number of likely N-dealkylation sites (tertiary alicyclic amines) is 1. The summed E-state index contributed by atoms with van der Waals surface area (Å²) in [6.07, 6.45) is 2.06. The van der Waals surface area contributed by atoms with Gasteiger partial charge in [0, 0.05) is 28.6 Å². The number of fused-ring (bicyclic) bond motifs is 1. The number of nitrogens with two attached hydrogens (primary N) is 1. The van der Waals surface area contributed by atoms with Crippen molar-refractivity contribution in [1.29, 1.82) is 0 Å². The lowest BCUT2D eigenvalue weighted by Crippen LogP contribution is -2.39. The minimum Gasteiger partial charge on any atom is -0.339 e. The molecule has 1 aliphatic heterocycles. The van der Waals surface area contributed by atoms with Gasteiger partial charge < -0.3 is 10.6 Å². The number of carbonyl (C=O) groups excluding carboxylic acids is 1. The molecule has 100 valence electrons. The molecule has 1 amide bonds. The Morgan fingerprint density at radius 1 is 1.32 bits per heavy atom. The van der Waals surface area contributed by atoms with Crippen LogP contribution in [0, 0.1) is 5.92 Å². The van der Waals surface area contributed by atoms with E-state index in [9.17, 15) is 4.79 Å². The minimum atomic E-state index is 0.174. The topological polar surface area (TPSA) is 46.3 Å². The summed E-state index contributed by atoms with van der Waals surface area (Å²) in [5, 5.41) is 3.07. The molecule has 2 N–H and O–H groups in total. The van der Waals surface area contributed by atoms with Crippen LogP contribution in [0.3, 0.4) is 0 Å². The first-order valence-electron chi connectivity index (χ1n) is 6.75. The lowest BCUT2D eigenvalue weighted by molar-refractivity contribution is 0.0696. The zero-order chi connectivity index (χ0) is 13.2. The van der Waals surface area contributed by atoms with Crippen LogP contribution in [0.1, 0.15) is 23.2 Å². The van der Waals surface area contributed by atoms with Gasteiger partial charge in [0.25, 0.3) is 5.91 Å². The normalized spacial score (nSPS) is 17.0. The van der Waals surface area contributed by atoms with Crippen molar-refractivity contribution in [2.45, 2.75) is 12.8 Å². The number of rotatable bonds is 2. The summed E-state index contributed by atoms with van der Waals surface area (Å²) in [7, 11) is 0. The van der Waals surface area contributed by atoms with E-state index in [4.69, 9.17) is 5.73 Å². The van der Waals surface area contributed by atoms with E-state index in [2.05, 4.69) is 6.07 Å². The van der Waals surface area contributed by atoms with Crippen LogP contribution in [-0.2, 0) is 0 Å². The molecule has 2 heterocycles. The molecule has 0 aliphatic carbocycles. The Bertz CT molecular complexity index is 585. The summed E-state index contributed by atoms with van der Waals surface area (Å²) in [6.45, 7) is 2.42. The Kier molecular flexibility index (Phi) is 3.53. The van der Waals surface area contributed by atoms with Gasteiger partial charge >= 0.3 is 0 Å². The van der Waals surface area contributed by atoms with Crippen LogP contribution in [0.4, 0.5) is 0 Å². The molecule has 0 atom stereocenters. The Balaban J connectivity index is 1.81. The second-order valence-corrected chi connectivity index (χ2v) is 6.03. The van der Waals surface area contributed by atoms with E-state index in [0.717, 1.165) is 43.4 Å². The largest absolute Gasteiger partial charge is 0.339 e. The summed E-state index contributed by atoms with van der Waals surface area (Å²) < 4.78 is 1.18. The third-order valence-corrected chi connectivity index (χ3v) is 4.91. The van der Waals surface area contributed by atoms with Crippen molar-refractivity contribution in [2.75, 3.05) is 19.6 Å². The first kappa shape index (κ1) is 12.6. The number of piperidine rings is 1. The van der Waals surface area contributed by atoms with Crippen molar-refractivity contribution < 1.29 is 4.79 Å². The molecular weight excluding hydrogens is 256 g/mol. The molecule has 1 aromatic carbocycles. The lowest BCUT2D eigenvalue weighted by Gasteiger charge is -2.31. The molecule has 4 heteroatoms. The maximum absolute atomic E-state index is 12.6. The number of hydrogen-bond donors (Lipinski definition) is 1. The monoisotopic (exact) mass is 274 g/mol. The smallest absolute Gasteiger partial charge is 0.255 e. The Morgan fingerprint density at radius 3 is 2.79 bits per heavy atom. The van der Waals surface area contributed by atoms with Crippen molar-refractivity contribution in [3.63, 3.8) is 0 Å². The Morgan fingerprint density at radius 2 is 2.05 bits per heavy atom. The highest BCUT2D eigenvalue weighted by atomic mass is 32.1. The number of thiophene rings is 1. The summed E-state index contributed by atoms with van der Waals surface area (Å²) in [4.78, 5) is 14.5. The molecule has 3 nitrogen and oxygen atoms in total. The van der Waals surface area contributed by atoms with Crippen LogP contribution in [-0.4, -0.2) is 30.4 Å². The fourth-order valence-electron chi connectivity index (χ4n) is 2.69. The third kappa shape index (κ3) is 2.38. The quantitative estimate of drug-likeness (QED) is 0.915. The molecule has 3 rings (SSSR count). The van der Waals surface area contributed by atoms with E-state index >= 15 is 0 Å². The highest BCUT2D eigenvalue weighted by molar-refractivity contribution is 7.17. The summed E-state index contributed by atoms with van der Waals surface area (Å²) in [5.41, 5.74) is 6.55. The van der Waals surface area contributed by atoms with E-state index in [1.54, 1.807) is 11.3 Å². The first-order valence-corrected chi connectivity index (χ1v) is 7.63. The summed E-state index contributed by atoms with van der Waals surface area (Å²) >= 11 is 1.64. The maximum Gasteiger partial charge on any atom is 0.255 e. The van der Waals surface area contributed by atoms with Crippen LogP contribution in [0.5, 0.6) is 0 Å². The van der Waals surface area contributed by atoms with Gasteiger partial charge in [-0.3, -0.25) is 4.79 Å². The average Bonchev–Trinajstić information content (AvgIpc) is 2.90. The molecule has 1 aromatic heterocycles. The van der Waals surface area contributed by atoms with Crippen LogP contribution in [0.2, 0.25) is 0 Å². The van der Waals surface area contributed by atoms with Gasteiger partial charge in [-0.05, 0) is 31.4 Å². The number of hydrogen-bond acceptors (Lipinski definition) is 3. The number of nitrogens with zero attached hydrogens (tertiary/aromatic N) is 1. The third-order valence-electron chi connectivity index (χ3n) is 3.95. The molecule has 0 radical (unpaired) electrons. The number of amides is 1. The molecular formula is C15H18N2OS. The maximum atomic E-state index is 12.6. The van der Waals surface area contributed by atoms with Gasteiger partial charge in [-0.15, -0.1) is 11.3 Å².